The summed E-state index contributed by atoms with van der Waals surface area (Å²) in [6.07, 6.45) is 2.20. The molecule has 0 aliphatic rings. The monoisotopic (exact) mass is 369 g/mol. The van der Waals surface area contributed by atoms with Crippen LogP contribution in [0.4, 0.5) is 5.69 Å². The van der Waals surface area contributed by atoms with Crippen molar-refractivity contribution in [3.05, 3.63) is 59.7 Å². The SMILES string of the molecule is CCCOC(=O)c1cccc(NC(=O)C(C)Oc2ccc(CCC)cc2)c1. The molecule has 1 unspecified atom stereocenters. The third kappa shape index (κ3) is 6.44. The highest BCUT2D eigenvalue weighted by Gasteiger charge is 2.16. The minimum Gasteiger partial charge on any atom is -0.481 e. The van der Waals surface area contributed by atoms with Gasteiger partial charge in [0.25, 0.3) is 5.91 Å². The summed E-state index contributed by atoms with van der Waals surface area (Å²) < 4.78 is 10.8. The van der Waals surface area contributed by atoms with Crippen molar-refractivity contribution in [2.24, 2.45) is 0 Å². The Morgan fingerprint density at radius 2 is 1.78 bits per heavy atom. The quantitative estimate of drug-likeness (QED) is 0.656. The van der Waals surface area contributed by atoms with Crippen molar-refractivity contribution in [1.82, 2.24) is 0 Å². The van der Waals surface area contributed by atoms with Crippen LogP contribution in [0.25, 0.3) is 0 Å². The second-order valence-corrected chi connectivity index (χ2v) is 6.36. The van der Waals surface area contributed by atoms with Gasteiger partial charge in [0.2, 0.25) is 0 Å². The first-order chi connectivity index (χ1) is 13.0. The number of amides is 1. The van der Waals surface area contributed by atoms with Crippen LogP contribution in [0.3, 0.4) is 0 Å². The first kappa shape index (κ1) is 20.5. The second kappa shape index (κ2) is 10.4. The van der Waals surface area contributed by atoms with Gasteiger partial charge in [-0.3, -0.25) is 4.79 Å². The number of esters is 1. The largest absolute Gasteiger partial charge is 0.481 e. The van der Waals surface area contributed by atoms with Crippen LogP contribution >= 0.6 is 0 Å². The van der Waals surface area contributed by atoms with E-state index in [0.717, 1.165) is 19.3 Å². The fourth-order valence-corrected chi connectivity index (χ4v) is 2.53. The van der Waals surface area contributed by atoms with Crippen molar-refractivity contribution in [1.29, 1.82) is 0 Å². The number of benzene rings is 2. The van der Waals surface area contributed by atoms with Gasteiger partial charge in [-0.05, 0) is 55.7 Å². The van der Waals surface area contributed by atoms with Crippen LogP contribution in [0, 0.1) is 0 Å². The van der Waals surface area contributed by atoms with Crippen molar-refractivity contribution in [2.75, 3.05) is 11.9 Å². The standard InChI is InChI=1S/C22H27NO4/c1-4-7-17-10-12-20(13-11-17)27-16(3)21(24)23-19-9-6-8-18(15-19)22(25)26-14-5-2/h6,8-13,15-16H,4-5,7,14H2,1-3H3,(H,23,24). The first-order valence-electron chi connectivity index (χ1n) is 9.37. The minimum atomic E-state index is -0.669. The van der Waals surface area contributed by atoms with Gasteiger partial charge in [0, 0.05) is 5.69 Å². The molecule has 0 radical (unpaired) electrons. The van der Waals surface area contributed by atoms with Crippen LogP contribution in [0.1, 0.15) is 49.5 Å². The van der Waals surface area contributed by atoms with Crippen molar-refractivity contribution in [2.45, 2.75) is 46.1 Å². The summed E-state index contributed by atoms with van der Waals surface area (Å²) in [4.78, 5) is 24.3. The van der Waals surface area contributed by atoms with Gasteiger partial charge in [-0.1, -0.05) is 38.5 Å². The summed E-state index contributed by atoms with van der Waals surface area (Å²) in [6, 6.07) is 14.5. The number of hydrogen-bond donors (Lipinski definition) is 1. The molecule has 0 saturated carbocycles. The molecular weight excluding hydrogens is 342 g/mol. The first-order valence-corrected chi connectivity index (χ1v) is 9.37. The third-order valence-electron chi connectivity index (χ3n) is 3.95. The Kier molecular flexibility index (Phi) is 7.86. The molecule has 0 spiro atoms. The van der Waals surface area contributed by atoms with Crippen molar-refractivity contribution in [3.8, 4) is 5.75 Å². The number of aryl methyl sites for hydroxylation is 1. The lowest BCUT2D eigenvalue weighted by molar-refractivity contribution is -0.122. The van der Waals surface area contributed by atoms with Crippen molar-refractivity contribution < 1.29 is 19.1 Å². The van der Waals surface area contributed by atoms with E-state index in [2.05, 4.69) is 12.2 Å². The molecule has 0 heterocycles. The maximum atomic E-state index is 12.4. The van der Waals surface area contributed by atoms with E-state index < -0.39 is 12.1 Å². The van der Waals surface area contributed by atoms with Crippen molar-refractivity contribution >= 4 is 17.6 Å². The Hall–Kier alpha value is -2.82. The topological polar surface area (TPSA) is 64.6 Å². The molecule has 2 rings (SSSR count). The summed E-state index contributed by atoms with van der Waals surface area (Å²) in [5.74, 6) is -0.0366. The molecule has 1 N–H and O–H groups in total. The molecule has 1 atom stereocenters. The number of ether oxygens (including phenoxy) is 2. The zero-order valence-electron chi connectivity index (χ0n) is 16.2. The van der Waals surface area contributed by atoms with Gasteiger partial charge in [-0.15, -0.1) is 0 Å². The van der Waals surface area contributed by atoms with Gasteiger partial charge in [-0.2, -0.15) is 0 Å². The smallest absolute Gasteiger partial charge is 0.338 e. The Morgan fingerprint density at radius 1 is 1.04 bits per heavy atom. The van der Waals surface area contributed by atoms with Crippen molar-refractivity contribution in [3.63, 3.8) is 0 Å². The lowest BCUT2D eigenvalue weighted by Gasteiger charge is -2.15. The fourth-order valence-electron chi connectivity index (χ4n) is 2.53. The van der Waals surface area contributed by atoms with Gasteiger partial charge in [0.05, 0.1) is 12.2 Å². The average molecular weight is 369 g/mol. The number of anilines is 1. The van der Waals surface area contributed by atoms with Gasteiger partial charge >= 0.3 is 5.97 Å². The van der Waals surface area contributed by atoms with Gasteiger partial charge in [-0.25, -0.2) is 4.79 Å². The molecule has 0 bridgehead atoms. The highest BCUT2D eigenvalue weighted by molar-refractivity contribution is 5.96. The summed E-state index contributed by atoms with van der Waals surface area (Å²) >= 11 is 0. The van der Waals surface area contributed by atoms with Crippen LogP contribution in [0.5, 0.6) is 5.75 Å². The van der Waals surface area contributed by atoms with E-state index in [0.29, 0.717) is 23.6 Å². The number of carbonyl (C=O) groups is 2. The molecule has 2 aromatic carbocycles. The number of rotatable bonds is 9. The van der Waals surface area contributed by atoms with E-state index in [1.165, 1.54) is 5.56 Å². The molecule has 5 nitrogen and oxygen atoms in total. The summed E-state index contributed by atoms with van der Waals surface area (Å²) in [6.45, 7) is 6.13. The Morgan fingerprint density at radius 3 is 2.44 bits per heavy atom. The van der Waals surface area contributed by atoms with E-state index in [9.17, 15) is 9.59 Å². The molecule has 0 aliphatic carbocycles. The number of hydrogen-bond acceptors (Lipinski definition) is 4. The zero-order valence-corrected chi connectivity index (χ0v) is 16.2. The minimum absolute atomic E-state index is 0.285. The predicted molar refractivity (Wildman–Crippen MR) is 106 cm³/mol. The van der Waals surface area contributed by atoms with Crippen LogP contribution in [-0.2, 0) is 16.0 Å². The molecule has 27 heavy (non-hydrogen) atoms. The summed E-state index contributed by atoms with van der Waals surface area (Å²) in [5, 5.41) is 2.77. The van der Waals surface area contributed by atoms with Crippen LogP contribution < -0.4 is 10.1 Å². The second-order valence-electron chi connectivity index (χ2n) is 6.36. The summed E-state index contributed by atoms with van der Waals surface area (Å²) in [5.41, 5.74) is 2.18. The molecule has 1 amide bonds. The zero-order chi connectivity index (χ0) is 19.6. The highest BCUT2D eigenvalue weighted by atomic mass is 16.5. The lowest BCUT2D eigenvalue weighted by Crippen LogP contribution is -2.30. The molecule has 0 aromatic heterocycles. The van der Waals surface area contributed by atoms with E-state index in [-0.39, 0.29) is 5.91 Å². The molecule has 5 heteroatoms. The molecule has 0 saturated heterocycles. The van der Waals surface area contributed by atoms with Gasteiger partial charge in [0.1, 0.15) is 5.75 Å². The Labute approximate surface area is 160 Å². The van der Waals surface area contributed by atoms with E-state index >= 15 is 0 Å². The Balaban J connectivity index is 1.94. The van der Waals surface area contributed by atoms with Gasteiger partial charge < -0.3 is 14.8 Å². The number of carbonyl (C=O) groups excluding carboxylic acids is 2. The maximum absolute atomic E-state index is 12.4. The Bertz CT molecular complexity index is 755. The average Bonchev–Trinajstić information content (AvgIpc) is 2.68. The predicted octanol–water partition coefficient (Wildman–Crippen LogP) is 4.61. The normalized spacial score (nSPS) is 11.5. The van der Waals surface area contributed by atoms with Gasteiger partial charge in [0.15, 0.2) is 6.10 Å². The van der Waals surface area contributed by atoms with Crippen LogP contribution in [-0.4, -0.2) is 24.6 Å². The molecule has 144 valence electrons. The van der Waals surface area contributed by atoms with E-state index in [1.807, 2.05) is 31.2 Å². The summed E-state index contributed by atoms with van der Waals surface area (Å²) in [7, 11) is 0. The molecule has 0 aliphatic heterocycles. The molecule has 2 aromatic rings. The molecule has 0 fully saturated rings. The molecular formula is C22H27NO4. The maximum Gasteiger partial charge on any atom is 0.338 e. The fraction of sp³-hybridized carbons (Fsp3) is 0.364. The highest BCUT2D eigenvalue weighted by Crippen LogP contribution is 2.17. The number of nitrogens with one attached hydrogen (secondary N) is 1. The lowest BCUT2D eigenvalue weighted by atomic mass is 10.1. The van der Waals surface area contributed by atoms with E-state index in [1.54, 1.807) is 31.2 Å². The van der Waals surface area contributed by atoms with Crippen LogP contribution in [0.15, 0.2) is 48.5 Å². The van der Waals surface area contributed by atoms with Crippen LogP contribution in [0.2, 0.25) is 0 Å². The third-order valence-corrected chi connectivity index (χ3v) is 3.95. The van der Waals surface area contributed by atoms with E-state index in [4.69, 9.17) is 9.47 Å².